The van der Waals surface area contributed by atoms with Crippen LogP contribution in [0.4, 0.5) is 0 Å². The molecule has 1 heterocycles. The zero-order valence-corrected chi connectivity index (χ0v) is 10.4. The third-order valence-electron chi connectivity index (χ3n) is 1.95. The number of rotatable bonds is 6. The van der Waals surface area contributed by atoms with Crippen molar-refractivity contribution in [3.63, 3.8) is 0 Å². The minimum absolute atomic E-state index is 0.111. The molecule has 1 atom stereocenters. The van der Waals surface area contributed by atoms with Gasteiger partial charge in [-0.3, -0.25) is 0 Å². The number of nitrogens with zero attached hydrogens (tertiary/aromatic N) is 2. The van der Waals surface area contributed by atoms with Crippen molar-refractivity contribution in [2.24, 2.45) is 5.73 Å². The highest BCUT2D eigenvalue weighted by atomic mass is 32.2. The molecular formula is C10H19N3OS. The molecular weight excluding hydrogens is 210 g/mol. The van der Waals surface area contributed by atoms with Crippen molar-refractivity contribution in [3.8, 4) is 0 Å². The maximum absolute atomic E-state index is 5.87. The predicted molar refractivity (Wildman–Crippen MR) is 62.6 cm³/mol. The second-order valence-electron chi connectivity index (χ2n) is 3.80. The smallest absolute Gasteiger partial charge is 0.243 e. The highest BCUT2D eigenvalue weighted by Gasteiger charge is 2.13. The van der Waals surface area contributed by atoms with E-state index in [1.807, 2.05) is 0 Å². The summed E-state index contributed by atoms with van der Waals surface area (Å²) in [4.78, 5) is 4.28. The van der Waals surface area contributed by atoms with E-state index >= 15 is 0 Å². The first-order valence-corrected chi connectivity index (χ1v) is 6.38. The minimum Gasteiger partial charge on any atom is -0.338 e. The lowest BCUT2D eigenvalue weighted by atomic mass is 10.2. The minimum atomic E-state index is -0.111. The Balaban J connectivity index is 2.48. The van der Waals surface area contributed by atoms with E-state index in [-0.39, 0.29) is 6.04 Å². The van der Waals surface area contributed by atoms with Crippen LogP contribution >= 0.6 is 11.8 Å². The van der Waals surface area contributed by atoms with Crippen LogP contribution in [0.3, 0.4) is 0 Å². The molecule has 2 N–H and O–H groups in total. The number of aromatic nitrogens is 2. The third kappa shape index (κ3) is 4.22. The van der Waals surface area contributed by atoms with Gasteiger partial charge in [-0.2, -0.15) is 16.7 Å². The average molecular weight is 229 g/mol. The van der Waals surface area contributed by atoms with Gasteiger partial charge in [0.05, 0.1) is 11.8 Å². The van der Waals surface area contributed by atoms with Gasteiger partial charge in [0.1, 0.15) is 0 Å². The van der Waals surface area contributed by atoms with Crippen LogP contribution < -0.4 is 5.73 Å². The van der Waals surface area contributed by atoms with Crippen molar-refractivity contribution >= 4 is 11.8 Å². The normalized spacial score (nSPS) is 13.4. The molecule has 0 amide bonds. The molecule has 0 fully saturated rings. The molecule has 5 heteroatoms. The molecule has 1 unspecified atom stereocenters. The Kier molecular flexibility index (Phi) is 5.11. The number of hydrogen-bond donors (Lipinski definition) is 1. The fourth-order valence-corrected chi connectivity index (χ4v) is 1.75. The molecule has 0 aliphatic carbocycles. The molecule has 1 rings (SSSR count). The SMILES string of the molecule is CCCC(N)c1nc(CSC(C)C)no1. The highest BCUT2D eigenvalue weighted by molar-refractivity contribution is 7.99. The van der Waals surface area contributed by atoms with Gasteiger partial charge in [0.15, 0.2) is 5.82 Å². The van der Waals surface area contributed by atoms with E-state index in [1.54, 1.807) is 11.8 Å². The standard InChI is InChI=1S/C10H19N3OS/c1-4-5-8(11)10-12-9(13-14-10)6-15-7(2)3/h7-8H,4-6,11H2,1-3H3. The predicted octanol–water partition coefficient (Wildman–Crippen LogP) is 2.51. The maximum atomic E-state index is 5.87. The van der Waals surface area contributed by atoms with Crippen molar-refractivity contribution in [2.75, 3.05) is 0 Å². The van der Waals surface area contributed by atoms with Crippen LogP contribution in [-0.4, -0.2) is 15.4 Å². The lowest BCUT2D eigenvalue weighted by Crippen LogP contribution is -2.10. The molecule has 0 aromatic carbocycles. The van der Waals surface area contributed by atoms with Gasteiger partial charge in [-0.1, -0.05) is 32.3 Å². The zero-order valence-electron chi connectivity index (χ0n) is 9.56. The molecule has 1 aromatic heterocycles. The Hall–Kier alpha value is -0.550. The molecule has 86 valence electrons. The van der Waals surface area contributed by atoms with E-state index in [2.05, 4.69) is 30.9 Å². The quantitative estimate of drug-likeness (QED) is 0.812. The molecule has 0 saturated heterocycles. The maximum Gasteiger partial charge on any atom is 0.243 e. The van der Waals surface area contributed by atoms with Crippen LogP contribution in [0.15, 0.2) is 4.52 Å². The van der Waals surface area contributed by atoms with Crippen LogP contribution in [0.25, 0.3) is 0 Å². The third-order valence-corrected chi connectivity index (χ3v) is 3.04. The second-order valence-corrected chi connectivity index (χ2v) is 5.37. The van der Waals surface area contributed by atoms with E-state index in [1.165, 1.54) is 0 Å². The molecule has 0 aliphatic heterocycles. The fraction of sp³-hybridized carbons (Fsp3) is 0.800. The van der Waals surface area contributed by atoms with Gasteiger partial charge in [-0.25, -0.2) is 0 Å². The summed E-state index contributed by atoms with van der Waals surface area (Å²) in [5.74, 6) is 2.10. The van der Waals surface area contributed by atoms with Crippen molar-refractivity contribution < 1.29 is 4.52 Å². The number of hydrogen-bond acceptors (Lipinski definition) is 5. The molecule has 0 radical (unpaired) electrons. The van der Waals surface area contributed by atoms with Gasteiger partial charge in [0.2, 0.25) is 5.89 Å². The van der Waals surface area contributed by atoms with Gasteiger partial charge in [-0.05, 0) is 11.7 Å². The molecule has 15 heavy (non-hydrogen) atoms. The topological polar surface area (TPSA) is 64.9 Å². The Morgan fingerprint density at radius 1 is 1.47 bits per heavy atom. The van der Waals surface area contributed by atoms with Gasteiger partial charge >= 0.3 is 0 Å². The Morgan fingerprint density at radius 2 is 2.20 bits per heavy atom. The molecule has 4 nitrogen and oxygen atoms in total. The van der Waals surface area contributed by atoms with Crippen LogP contribution in [-0.2, 0) is 5.75 Å². The van der Waals surface area contributed by atoms with Gasteiger partial charge in [0, 0.05) is 0 Å². The summed E-state index contributed by atoms with van der Waals surface area (Å²) >= 11 is 1.80. The van der Waals surface area contributed by atoms with Gasteiger partial charge < -0.3 is 10.3 Å². The van der Waals surface area contributed by atoms with Crippen molar-refractivity contribution in [3.05, 3.63) is 11.7 Å². The first-order valence-electron chi connectivity index (χ1n) is 5.33. The molecule has 1 aromatic rings. The lowest BCUT2D eigenvalue weighted by Gasteiger charge is -2.02. The first-order chi connectivity index (χ1) is 7.13. The van der Waals surface area contributed by atoms with Crippen LogP contribution in [0.2, 0.25) is 0 Å². The van der Waals surface area contributed by atoms with Crippen LogP contribution in [0, 0.1) is 0 Å². The lowest BCUT2D eigenvalue weighted by molar-refractivity contribution is 0.345. The van der Waals surface area contributed by atoms with Crippen LogP contribution in [0.1, 0.15) is 51.4 Å². The van der Waals surface area contributed by atoms with Crippen molar-refractivity contribution in [1.29, 1.82) is 0 Å². The number of nitrogens with two attached hydrogens (primary N) is 1. The summed E-state index contributed by atoms with van der Waals surface area (Å²) in [6, 6.07) is -0.111. The van der Waals surface area contributed by atoms with Crippen molar-refractivity contribution in [2.45, 2.75) is 50.7 Å². The van der Waals surface area contributed by atoms with Crippen LogP contribution in [0.5, 0.6) is 0 Å². The zero-order chi connectivity index (χ0) is 11.3. The van der Waals surface area contributed by atoms with E-state index in [4.69, 9.17) is 10.3 Å². The van der Waals surface area contributed by atoms with E-state index < -0.39 is 0 Å². The molecule has 0 aliphatic rings. The summed E-state index contributed by atoms with van der Waals surface area (Å²) in [7, 11) is 0. The van der Waals surface area contributed by atoms with Gasteiger partial charge in [0.25, 0.3) is 0 Å². The fourth-order valence-electron chi connectivity index (χ4n) is 1.15. The molecule has 0 spiro atoms. The summed E-state index contributed by atoms with van der Waals surface area (Å²) in [5, 5.41) is 4.48. The Morgan fingerprint density at radius 3 is 2.80 bits per heavy atom. The molecule has 0 bridgehead atoms. The highest BCUT2D eigenvalue weighted by Crippen LogP contribution is 2.18. The summed E-state index contributed by atoms with van der Waals surface area (Å²) in [6.45, 7) is 6.38. The Bertz CT molecular complexity index is 288. The van der Waals surface area contributed by atoms with Crippen molar-refractivity contribution in [1.82, 2.24) is 10.1 Å². The van der Waals surface area contributed by atoms with Gasteiger partial charge in [-0.15, -0.1) is 0 Å². The average Bonchev–Trinajstić information content (AvgIpc) is 2.63. The summed E-state index contributed by atoms with van der Waals surface area (Å²) < 4.78 is 5.11. The largest absolute Gasteiger partial charge is 0.338 e. The summed E-state index contributed by atoms with van der Waals surface area (Å²) in [6.07, 6.45) is 1.92. The number of thioether (sulfide) groups is 1. The van der Waals surface area contributed by atoms with E-state index in [0.29, 0.717) is 11.1 Å². The monoisotopic (exact) mass is 229 g/mol. The Labute approximate surface area is 95.0 Å². The van der Waals surface area contributed by atoms with E-state index in [0.717, 1.165) is 24.4 Å². The second kappa shape index (κ2) is 6.12. The first kappa shape index (κ1) is 12.5. The molecule has 0 saturated carbocycles. The van der Waals surface area contributed by atoms with E-state index in [9.17, 15) is 0 Å². The summed E-state index contributed by atoms with van der Waals surface area (Å²) in [5.41, 5.74) is 5.87.